The molecule has 0 unspecified atom stereocenters. The lowest BCUT2D eigenvalue weighted by molar-refractivity contribution is 0.252. The first-order valence-electron chi connectivity index (χ1n) is 6.89. The van der Waals surface area contributed by atoms with Crippen molar-refractivity contribution in [3.63, 3.8) is 0 Å². The summed E-state index contributed by atoms with van der Waals surface area (Å²) in [5, 5.41) is 16.6. The van der Waals surface area contributed by atoms with Crippen molar-refractivity contribution < 1.29 is 4.79 Å². The third kappa shape index (κ3) is 5.10. The Hall–Kier alpha value is -1.97. The van der Waals surface area contributed by atoms with Crippen LogP contribution in [0, 0.1) is 11.3 Å². The molecular weight excluding hydrogens is 314 g/mol. The van der Waals surface area contributed by atoms with Crippen LogP contribution in [0.5, 0.6) is 0 Å². The van der Waals surface area contributed by atoms with Crippen LogP contribution in [-0.2, 0) is 6.54 Å². The van der Waals surface area contributed by atoms with Crippen molar-refractivity contribution in [3.05, 3.63) is 46.7 Å². The average molecular weight is 331 g/mol. The number of nitriles is 1. The monoisotopic (exact) mass is 331 g/mol. The number of thioether (sulfide) groups is 1. The highest BCUT2D eigenvalue weighted by molar-refractivity contribution is 8.00. The Kier molecular flexibility index (Phi) is 6.31. The van der Waals surface area contributed by atoms with Gasteiger partial charge >= 0.3 is 6.03 Å². The lowest BCUT2D eigenvalue weighted by atomic mass is 10.3. The summed E-state index contributed by atoms with van der Waals surface area (Å²) in [6, 6.07) is 13.5. The molecule has 0 saturated carbocycles. The van der Waals surface area contributed by atoms with Gasteiger partial charge in [0.1, 0.15) is 0 Å². The fourth-order valence-electron chi connectivity index (χ4n) is 1.81. The van der Waals surface area contributed by atoms with E-state index in [9.17, 15) is 4.79 Å². The van der Waals surface area contributed by atoms with E-state index in [-0.39, 0.29) is 11.3 Å². The maximum atomic E-state index is 12.0. The zero-order valence-electron chi connectivity index (χ0n) is 12.2. The molecule has 0 saturated heterocycles. The zero-order chi connectivity index (χ0) is 15.8. The van der Waals surface area contributed by atoms with Gasteiger partial charge in [0.25, 0.3) is 0 Å². The van der Waals surface area contributed by atoms with Gasteiger partial charge in [-0.1, -0.05) is 25.1 Å². The third-order valence-electron chi connectivity index (χ3n) is 2.85. The van der Waals surface area contributed by atoms with Crippen molar-refractivity contribution >= 4 is 34.8 Å². The molecule has 1 heterocycles. The summed E-state index contributed by atoms with van der Waals surface area (Å²) >= 11 is 3.20. The van der Waals surface area contributed by atoms with Crippen LogP contribution in [0.15, 0.2) is 46.7 Å². The summed E-state index contributed by atoms with van der Waals surface area (Å²) in [5.74, 6) is 0. The Morgan fingerprint density at radius 3 is 2.91 bits per heavy atom. The molecule has 0 aliphatic heterocycles. The number of urea groups is 1. The van der Waals surface area contributed by atoms with Gasteiger partial charge in [-0.15, -0.1) is 23.1 Å². The van der Waals surface area contributed by atoms with Gasteiger partial charge in [-0.05, 0) is 23.6 Å². The fourth-order valence-corrected chi connectivity index (χ4v) is 3.45. The van der Waals surface area contributed by atoms with Crippen molar-refractivity contribution in [2.24, 2.45) is 0 Å². The highest BCUT2D eigenvalue weighted by atomic mass is 32.2. The number of anilines is 1. The number of carbonyl (C=O) groups is 1. The molecule has 114 valence electrons. The zero-order valence-corrected chi connectivity index (χ0v) is 13.8. The van der Waals surface area contributed by atoms with E-state index >= 15 is 0 Å². The van der Waals surface area contributed by atoms with E-state index in [2.05, 4.69) is 16.7 Å². The molecule has 1 aromatic heterocycles. The number of nitrogens with zero attached hydrogens (tertiary/aromatic N) is 1. The van der Waals surface area contributed by atoms with Crippen LogP contribution in [0.2, 0.25) is 0 Å². The number of amides is 2. The Bertz CT molecular complexity index is 650. The predicted molar refractivity (Wildman–Crippen MR) is 92.2 cm³/mol. The first-order valence-corrected chi connectivity index (χ1v) is 8.65. The lowest BCUT2D eigenvalue weighted by Gasteiger charge is -2.13. The Morgan fingerprint density at radius 1 is 1.36 bits per heavy atom. The van der Waals surface area contributed by atoms with Gasteiger partial charge in [-0.2, -0.15) is 5.26 Å². The average Bonchev–Trinajstić information content (AvgIpc) is 3.01. The molecule has 1 aromatic carbocycles. The molecule has 0 aliphatic rings. The van der Waals surface area contributed by atoms with Gasteiger partial charge in [-0.25, -0.2) is 4.79 Å². The van der Waals surface area contributed by atoms with Crippen molar-refractivity contribution in [2.45, 2.75) is 30.0 Å². The second-order valence-corrected chi connectivity index (χ2v) is 7.19. The van der Waals surface area contributed by atoms with E-state index in [4.69, 9.17) is 5.26 Å². The van der Waals surface area contributed by atoms with Gasteiger partial charge < -0.3 is 10.6 Å². The second-order valence-electron chi connectivity index (χ2n) is 4.67. The van der Waals surface area contributed by atoms with Crippen LogP contribution in [0.4, 0.5) is 10.5 Å². The second kappa shape index (κ2) is 8.47. The van der Waals surface area contributed by atoms with Crippen LogP contribution in [0.3, 0.4) is 0 Å². The fraction of sp³-hybridized carbons (Fsp3) is 0.250. The molecule has 0 fully saturated rings. The molecule has 1 atom stereocenters. The summed E-state index contributed by atoms with van der Waals surface area (Å²) in [6.45, 7) is 2.52. The highest BCUT2D eigenvalue weighted by Crippen LogP contribution is 2.31. The van der Waals surface area contributed by atoms with Crippen LogP contribution in [0.25, 0.3) is 0 Å². The minimum atomic E-state index is -0.227. The highest BCUT2D eigenvalue weighted by Gasteiger charge is 2.10. The van der Waals surface area contributed by atoms with Crippen molar-refractivity contribution in [3.8, 4) is 6.07 Å². The summed E-state index contributed by atoms with van der Waals surface area (Å²) < 4.78 is 0. The van der Waals surface area contributed by atoms with Crippen molar-refractivity contribution in [2.75, 3.05) is 5.32 Å². The number of thiophene rings is 1. The van der Waals surface area contributed by atoms with Gasteiger partial charge in [0.05, 0.1) is 18.3 Å². The summed E-state index contributed by atoms with van der Waals surface area (Å²) in [4.78, 5) is 14.1. The Balaban J connectivity index is 1.94. The Labute approximate surface area is 138 Å². The van der Waals surface area contributed by atoms with Gasteiger partial charge in [0.15, 0.2) is 0 Å². The third-order valence-corrected chi connectivity index (χ3v) is 4.90. The van der Waals surface area contributed by atoms with Crippen molar-refractivity contribution in [1.29, 1.82) is 5.26 Å². The summed E-state index contributed by atoms with van der Waals surface area (Å²) in [7, 11) is 0. The smallest absolute Gasteiger partial charge is 0.319 e. The van der Waals surface area contributed by atoms with Crippen LogP contribution in [0.1, 0.15) is 18.2 Å². The largest absolute Gasteiger partial charge is 0.333 e. The van der Waals surface area contributed by atoms with E-state index in [1.165, 1.54) is 0 Å². The van der Waals surface area contributed by atoms with Gasteiger partial charge in [-0.3, -0.25) is 0 Å². The molecule has 22 heavy (non-hydrogen) atoms. The van der Waals surface area contributed by atoms with Crippen molar-refractivity contribution in [1.82, 2.24) is 5.32 Å². The number of benzene rings is 1. The molecule has 2 N–H and O–H groups in total. The summed E-state index contributed by atoms with van der Waals surface area (Å²) in [5.41, 5.74) is 0.765. The van der Waals surface area contributed by atoms with E-state index in [1.54, 1.807) is 23.1 Å². The standard InChI is InChI=1S/C16H17N3OS2/c1-12(8-9-17)22-15-7-3-2-6-14(15)19-16(20)18-11-13-5-4-10-21-13/h2-7,10,12H,8,11H2,1H3,(H2,18,19,20)/t12-/m0/s1. The predicted octanol–water partition coefficient (Wildman–Crippen LogP) is 4.46. The first-order chi connectivity index (χ1) is 10.7. The molecule has 2 rings (SSSR count). The van der Waals surface area contributed by atoms with Crippen LogP contribution >= 0.6 is 23.1 Å². The number of carbonyl (C=O) groups excluding carboxylic acids is 1. The minimum Gasteiger partial charge on any atom is -0.333 e. The molecule has 0 bridgehead atoms. The molecule has 2 amide bonds. The van der Waals surface area contributed by atoms with E-state index in [1.807, 2.05) is 48.7 Å². The normalized spacial score (nSPS) is 11.5. The number of hydrogen-bond acceptors (Lipinski definition) is 4. The topological polar surface area (TPSA) is 64.9 Å². The van der Waals surface area contributed by atoms with Gasteiger partial charge in [0, 0.05) is 21.4 Å². The molecule has 4 nitrogen and oxygen atoms in total. The molecule has 0 aliphatic carbocycles. The maximum Gasteiger partial charge on any atom is 0.319 e. The van der Waals surface area contributed by atoms with Crippen LogP contribution in [-0.4, -0.2) is 11.3 Å². The SMILES string of the molecule is C[C@@H](CC#N)Sc1ccccc1NC(=O)NCc1cccs1. The Morgan fingerprint density at radius 2 is 2.18 bits per heavy atom. The number of para-hydroxylation sites is 1. The summed E-state index contributed by atoms with van der Waals surface area (Å²) in [6.07, 6.45) is 0.476. The van der Waals surface area contributed by atoms with E-state index < -0.39 is 0 Å². The number of hydrogen-bond donors (Lipinski definition) is 2. The molecule has 2 aromatic rings. The number of rotatable bonds is 6. The molecule has 0 spiro atoms. The minimum absolute atomic E-state index is 0.183. The quantitative estimate of drug-likeness (QED) is 0.768. The van der Waals surface area contributed by atoms with E-state index in [0.29, 0.717) is 13.0 Å². The molecule has 0 radical (unpaired) electrons. The van der Waals surface area contributed by atoms with Crippen LogP contribution < -0.4 is 10.6 Å². The lowest BCUT2D eigenvalue weighted by Crippen LogP contribution is -2.28. The number of nitrogens with one attached hydrogen (secondary N) is 2. The molecular formula is C16H17N3OS2. The maximum absolute atomic E-state index is 12.0. The first kappa shape index (κ1) is 16.4. The molecule has 6 heteroatoms. The van der Waals surface area contributed by atoms with E-state index in [0.717, 1.165) is 15.5 Å². The van der Waals surface area contributed by atoms with Gasteiger partial charge in [0.2, 0.25) is 0 Å².